The molecule has 1 aromatic heterocycles. The molecule has 3 nitrogen and oxygen atoms in total. The van der Waals surface area contributed by atoms with Crippen molar-refractivity contribution in [3.8, 4) is 0 Å². The molecule has 1 heterocycles. The van der Waals surface area contributed by atoms with Crippen LogP contribution in [0.2, 0.25) is 0 Å². The molecule has 18 heavy (non-hydrogen) atoms. The molecule has 0 saturated heterocycles. The quantitative estimate of drug-likeness (QED) is 0.890. The molecule has 0 aliphatic heterocycles. The number of nitrogens with zero attached hydrogens (tertiary/aromatic N) is 2. The minimum Gasteiger partial charge on any atom is -0.393 e. The van der Waals surface area contributed by atoms with Gasteiger partial charge in [-0.3, -0.25) is 9.88 Å². The summed E-state index contributed by atoms with van der Waals surface area (Å²) in [6.45, 7) is 3.14. The summed E-state index contributed by atoms with van der Waals surface area (Å²) in [4.78, 5) is 6.71. The van der Waals surface area contributed by atoms with Gasteiger partial charge < -0.3 is 5.11 Å². The van der Waals surface area contributed by atoms with Gasteiger partial charge in [0.05, 0.1) is 11.8 Å². The van der Waals surface area contributed by atoms with Crippen molar-refractivity contribution < 1.29 is 5.11 Å². The number of hydrogen-bond acceptors (Lipinski definition) is 3. The van der Waals surface area contributed by atoms with Crippen LogP contribution >= 0.6 is 0 Å². The highest BCUT2D eigenvalue weighted by Crippen LogP contribution is 2.27. The summed E-state index contributed by atoms with van der Waals surface area (Å²) in [7, 11) is 2.13. The molecule has 1 N–H and O–H groups in total. The van der Waals surface area contributed by atoms with Crippen LogP contribution in [0.25, 0.3) is 0 Å². The van der Waals surface area contributed by atoms with Gasteiger partial charge in [-0.1, -0.05) is 18.9 Å². The molecule has 3 atom stereocenters. The molecular formula is C15H24N2O. The van der Waals surface area contributed by atoms with Crippen molar-refractivity contribution in [2.45, 2.75) is 44.8 Å². The van der Waals surface area contributed by atoms with Crippen LogP contribution in [0.15, 0.2) is 24.4 Å². The molecule has 1 fully saturated rings. The zero-order valence-corrected chi connectivity index (χ0v) is 11.4. The summed E-state index contributed by atoms with van der Waals surface area (Å²) >= 11 is 0. The van der Waals surface area contributed by atoms with Crippen molar-refractivity contribution >= 4 is 0 Å². The second-order valence-corrected chi connectivity index (χ2v) is 5.48. The number of hydrogen-bond donors (Lipinski definition) is 1. The first-order valence-corrected chi connectivity index (χ1v) is 6.97. The number of rotatable bonds is 4. The minimum atomic E-state index is -0.114. The van der Waals surface area contributed by atoms with Gasteiger partial charge in [-0.15, -0.1) is 0 Å². The maximum absolute atomic E-state index is 10.0. The monoisotopic (exact) mass is 248 g/mol. The van der Waals surface area contributed by atoms with Crippen LogP contribution in [0.1, 0.15) is 44.3 Å². The first-order chi connectivity index (χ1) is 8.68. The third-order valence-corrected chi connectivity index (χ3v) is 4.17. The number of pyridine rings is 1. The lowest BCUT2D eigenvalue weighted by Gasteiger charge is -2.33. The second-order valence-electron chi connectivity index (χ2n) is 5.48. The van der Waals surface area contributed by atoms with E-state index in [1.807, 2.05) is 18.3 Å². The van der Waals surface area contributed by atoms with Crippen molar-refractivity contribution in [3.63, 3.8) is 0 Å². The SMILES string of the molecule is CC(c1ccccn1)N(C)CC1CCCCC1O. The van der Waals surface area contributed by atoms with E-state index in [-0.39, 0.29) is 6.10 Å². The first kappa shape index (κ1) is 13.5. The Labute approximate surface area is 110 Å². The molecule has 1 saturated carbocycles. The average Bonchev–Trinajstić information content (AvgIpc) is 2.41. The largest absolute Gasteiger partial charge is 0.393 e. The van der Waals surface area contributed by atoms with E-state index in [4.69, 9.17) is 0 Å². The van der Waals surface area contributed by atoms with Gasteiger partial charge >= 0.3 is 0 Å². The Kier molecular flexibility index (Phi) is 4.72. The lowest BCUT2D eigenvalue weighted by Crippen LogP contribution is -2.36. The zero-order chi connectivity index (χ0) is 13.0. The molecule has 1 aromatic rings. The lowest BCUT2D eigenvalue weighted by atomic mass is 9.86. The average molecular weight is 248 g/mol. The fourth-order valence-corrected chi connectivity index (χ4v) is 2.78. The predicted molar refractivity (Wildman–Crippen MR) is 73.2 cm³/mol. The fourth-order valence-electron chi connectivity index (χ4n) is 2.78. The Morgan fingerprint density at radius 2 is 2.17 bits per heavy atom. The summed E-state index contributed by atoms with van der Waals surface area (Å²) in [6.07, 6.45) is 6.29. The molecule has 0 spiro atoms. The van der Waals surface area contributed by atoms with Gasteiger partial charge in [-0.25, -0.2) is 0 Å². The van der Waals surface area contributed by atoms with E-state index in [0.717, 1.165) is 25.1 Å². The molecule has 0 amide bonds. The first-order valence-electron chi connectivity index (χ1n) is 6.97. The fraction of sp³-hybridized carbons (Fsp3) is 0.667. The Balaban J connectivity index is 1.93. The normalized spacial score (nSPS) is 26.2. The third-order valence-electron chi connectivity index (χ3n) is 4.17. The number of aliphatic hydroxyl groups is 1. The Morgan fingerprint density at radius 3 is 2.83 bits per heavy atom. The van der Waals surface area contributed by atoms with Gasteiger partial charge in [-0.2, -0.15) is 0 Å². The van der Waals surface area contributed by atoms with Gasteiger partial charge in [0.1, 0.15) is 0 Å². The molecule has 3 heteroatoms. The summed E-state index contributed by atoms with van der Waals surface area (Å²) in [5, 5.41) is 10.0. The van der Waals surface area contributed by atoms with E-state index in [1.165, 1.54) is 12.8 Å². The molecule has 0 aromatic carbocycles. The standard InChI is InChI=1S/C15H24N2O/c1-12(14-8-5-6-10-16-14)17(2)11-13-7-3-4-9-15(13)18/h5-6,8,10,12-13,15,18H,3-4,7,9,11H2,1-2H3. The molecule has 1 aliphatic carbocycles. The molecule has 3 unspecified atom stereocenters. The Bertz CT molecular complexity index is 355. The van der Waals surface area contributed by atoms with Gasteiger partial charge in [0.15, 0.2) is 0 Å². The number of aromatic nitrogens is 1. The van der Waals surface area contributed by atoms with Crippen LogP contribution in [0.3, 0.4) is 0 Å². The van der Waals surface area contributed by atoms with Crippen molar-refractivity contribution in [2.75, 3.05) is 13.6 Å². The summed E-state index contributed by atoms with van der Waals surface area (Å²) in [5.41, 5.74) is 1.10. The van der Waals surface area contributed by atoms with Crippen LogP contribution < -0.4 is 0 Å². The third kappa shape index (κ3) is 3.30. The molecular weight excluding hydrogens is 224 g/mol. The van der Waals surface area contributed by atoms with E-state index in [1.54, 1.807) is 0 Å². The maximum atomic E-state index is 10.0. The van der Waals surface area contributed by atoms with Crippen LogP contribution in [-0.2, 0) is 0 Å². The molecule has 1 aliphatic rings. The van der Waals surface area contributed by atoms with Crippen molar-refractivity contribution in [2.24, 2.45) is 5.92 Å². The molecule has 2 rings (SSSR count). The Morgan fingerprint density at radius 1 is 1.39 bits per heavy atom. The predicted octanol–water partition coefficient (Wildman–Crippen LogP) is 2.63. The lowest BCUT2D eigenvalue weighted by molar-refractivity contribution is 0.0443. The topological polar surface area (TPSA) is 36.4 Å². The van der Waals surface area contributed by atoms with E-state index in [2.05, 4.69) is 29.9 Å². The Hall–Kier alpha value is -0.930. The summed E-state index contributed by atoms with van der Waals surface area (Å²) in [5.74, 6) is 0.426. The smallest absolute Gasteiger partial charge is 0.0580 e. The van der Waals surface area contributed by atoms with Crippen molar-refractivity contribution in [3.05, 3.63) is 30.1 Å². The van der Waals surface area contributed by atoms with E-state index < -0.39 is 0 Å². The van der Waals surface area contributed by atoms with Gasteiger partial charge in [0.25, 0.3) is 0 Å². The molecule has 0 radical (unpaired) electrons. The van der Waals surface area contributed by atoms with Gasteiger partial charge in [0, 0.05) is 18.8 Å². The minimum absolute atomic E-state index is 0.114. The second kappa shape index (κ2) is 6.30. The highest BCUT2D eigenvalue weighted by atomic mass is 16.3. The van der Waals surface area contributed by atoms with Gasteiger partial charge in [-0.05, 0) is 44.9 Å². The van der Waals surface area contributed by atoms with Crippen molar-refractivity contribution in [1.82, 2.24) is 9.88 Å². The van der Waals surface area contributed by atoms with Gasteiger partial charge in [0.2, 0.25) is 0 Å². The van der Waals surface area contributed by atoms with Crippen LogP contribution in [0.4, 0.5) is 0 Å². The van der Waals surface area contributed by atoms with Crippen LogP contribution in [-0.4, -0.2) is 34.7 Å². The van der Waals surface area contributed by atoms with Crippen LogP contribution in [0, 0.1) is 5.92 Å². The zero-order valence-electron chi connectivity index (χ0n) is 11.4. The van der Waals surface area contributed by atoms with Crippen LogP contribution in [0.5, 0.6) is 0 Å². The molecule has 100 valence electrons. The van der Waals surface area contributed by atoms with Crippen molar-refractivity contribution in [1.29, 1.82) is 0 Å². The highest BCUT2D eigenvalue weighted by Gasteiger charge is 2.25. The van der Waals surface area contributed by atoms with E-state index in [9.17, 15) is 5.11 Å². The van der Waals surface area contributed by atoms with E-state index >= 15 is 0 Å². The number of aliphatic hydroxyl groups excluding tert-OH is 1. The summed E-state index contributed by atoms with van der Waals surface area (Å²) < 4.78 is 0. The maximum Gasteiger partial charge on any atom is 0.0580 e. The molecule has 0 bridgehead atoms. The van der Waals surface area contributed by atoms with E-state index in [0.29, 0.717) is 12.0 Å². The highest BCUT2D eigenvalue weighted by molar-refractivity contribution is 5.07. The summed E-state index contributed by atoms with van der Waals surface area (Å²) in [6, 6.07) is 6.35.